The summed E-state index contributed by atoms with van der Waals surface area (Å²) in [5, 5.41) is 0. The highest BCUT2D eigenvalue weighted by atomic mass is 16.5. The fraction of sp³-hybridized carbons (Fsp3) is 0.333. The predicted molar refractivity (Wildman–Crippen MR) is 122 cm³/mol. The Hall–Kier alpha value is -3.88. The second kappa shape index (κ2) is 8.93. The molecule has 0 saturated heterocycles. The SMILES string of the molecule is COC1=CCCC(C(C2=COC=CO2)N2c3nc(-c4ccncn4)cc(=O)n3CCC2C)=C1. The van der Waals surface area contributed by atoms with Crippen molar-refractivity contribution in [1.82, 2.24) is 19.5 Å². The Morgan fingerprint density at radius 2 is 2.18 bits per heavy atom. The highest BCUT2D eigenvalue weighted by Crippen LogP contribution is 2.36. The van der Waals surface area contributed by atoms with E-state index in [9.17, 15) is 4.79 Å². The first kappa shape index (κ1) is 21.0. The summed E-state index contributed by atoms with van der Waals surface area (Å²) in [7, 11) is 1.66. The number of ether oxygens (including phenoxy) is 3. The van der Waals surface area contributed by atoms with Crippen LogP contribution >= 0.6 is 0 Å². The van der Waals surface area contributed by atoms with E-state index in [1.165, 1.54) is 24.9 Å². The van der Waals surface area contributed by atoms with E-state index < -0.39 is 0 Å². The molecule has 0 bridgehead atoms. The summed E-state index contributed by atoms with van der Waals surface area (Å²) in [6, 6.07) is 3.05. The first-order chi connectivity index (χ1) is 16.2. The van der Waals surface area contributed by atoms with Crippen LogP contribution in [0.15, 0.2) is 77.5 Å². The quantitative estimate of drug-likeness (QED) is 0.690. The fourth-order valence-electron chi connectivity index (χ4n) is 4.45. The molecular weight excluding hydrogens is 422 g/mol. The van der Waals surface area contributed by atoms with Crippen LogP contribution in [0.3, 0.4) is 0 Å². The molecule has 0 aromatic carbocycles. The van der Waals surface area contributed by atoms with E-state index in [-0.39, 0.29) is 17.6 Å². The van der Waals surface area contributed by atoms with Gasteiger partial charge in [0.2, 0.25) is 5.95 Å². The van der Waals surface area contributed by atoms with Gasteiger partial charge in [-0.25, -0.2) is 15.0 Å². The van der Waals surface area contributed by atoms with Crippen LogP contribution in [0.25, 0.3) is 11.4 Å². The second-order valence-electron chi connectivity index (χ2n) is 8.09. The van der Waals surface area contributed by atoms with Gasteiger partial charge in [0.1, 0.15) is 36.9 Å². The van der Waals surface area contributed by atoms with Crippen molar-refractivity contribution in [2.75, 3.05) is 12.0 Å². The maximum absolute atomic E-state index is 13.1. The maximum atomic E-state index is 13.1. The summed E-state index contributed by atoms with van der Waals surface area (Å²) in [6.07, 6.45) is 14.3. The maximum Gasteiger partial charge on any atom is 0.255 e. The van der Waals surface area contributed by atoms with Crippen molar-refractivity contribution in [2.45, 2.75) is 44.8 Å². The van der Waals surface area contributed by atoms with Crippen LogP contribution in [0.1, 0.15) is 26.2 Å². The Kier molecular flexibility index (Phi) is 5.68. The number of rotatable bonds is 5. The Morgan fingerprint density at radius 3 is 2.94 bits per heavy atom. The van der Waals surface area contributed by atoms with E-state index in [1.807, 2.05) is 6.08 Å². The van der Waals surface area contributed by atoms with Crippen molar-refractivity contribution in [2.24, 2.45) is 0 Å². The van der Waals surface area contributed by atoms with Crippen molar-refractivity contribution in [3.05, 3.63) is 83.0 Å². The molecule has 9 nitrogen and oxygen atoms in total. The average Bonchev–Trinajstić information content (AvgIpc) is 2.87. The lowest BCUT2D eigenvalue weighted by Gasteiger charge is -2.43. The predicted octanol–water partition coefficient (Wildman–Crippen LogP) is 3.28. The Bertz CT molecular complexity index is 1220. The van der Waals surface area contributed by atoms with E-state index in [1.54, 1.807) is 30.2 Å². The molecule has 3 aliphatic rings. The molecule has 0 radical (unpaired) electrons. The van der Waals surface area contributed by atoms with Gasteiger partial charge >= 0.3 is 0 Å². The van der Waals surface area contributed by atoms with Gasteiger partial charge in [-0.1, -0.05) is 0 Å². The zero-order valence-electron chi connectivity index (χ0n) is 18.5. The summed E-state index contributed by atoms with van der Waals surface area (Å²) >= 11 is 0. The number of allylic oxidation sites excluding steroid dienone is 2. The van der Waals surface area contributed by atoms with Gasteiger partial charge in [-0.05, 0) is 50.0 Å². The first-order valence-corrected chi connectivity index (χ1v) is 10.9. The van der Waals surface area contributed by atoms with Crippen LogP contribution in [0.4, 0.5) is 5.95 Å². The third-order valence-corrected chi connectivity index (χ3v) is 6.07. The van der Waals surface area contributed by atoms with Crippen LogP contribution in [0, 0.1) is 0 Å². The van der Waals surface area contributed by atoms with Crippen LogP contribution in [0.5, 0.6) is 0 Å². The number of nitrogens with zero attached hydrogens (tertiary/aromatic N) is 5. The third kappa shape index (κ3) is 4.02. The standard InChI is InChI=1S/C24H25N5O4/c1-16-7-9-28-22(30)13-20(19-6-8-25-15-26-19)27-24(28)29(16)23(21-14-32-10-11-33-21)17-4-3-5-18(12-17)31-2/h5-6,8,10-16,23H,3-4,7,9H2,1-2H3. The molecule has 2 aliphatic heterocycles. The minimum Gasteiger partial charge on any atom is -0.497 e. The van der Waals surface area contributed by atoms with E-state index >= 15 is 0 Å². The Morgan fingerprint density at radius 1 is 1.27 bits per heavy atom. The van der Waals surface area contributed by atoms with Gasteiger partial charge in [0.15, 0.2) is 5.76 Å². The fourth-order valence-corrected chi connectivity index (χ4v) is 4.45. The molecule has 4 heterocycles. The van der Waals surface area contributed by atoms with Crippen molar-refractivity contribution >= 4 is 5.95 Å². The highest BCUT2D eigenvalue weighted by Gasteiger charge is 2.37. The molecule has 0 N–H and O–H groups in total. The first-order valence-electron chi connectivity index (χ1n) is 10.9. The molecule has 170 valence electrons. The van der Waals surface area contributed by atoms with Crippen molar-refractivity contribution < 1.29 is 14.2 Å². The zero-order chi connectivity index (χ0) is 22.8. The Balaban J connectivity index is 1.67. The number of hydrogen-bond donors (Lipinski definition) is 0. The molecule has 0 amide bonds. The molecule has 2 aromatic rings. The minimum absolute atomic E-state index is 0.0933. The van der Waals surface area contributed by atoms with E-state index in [0.717, 1.165) is 30.6 Å². The molecular formula is C24H25N5O4. The molecule has 33 heavy (non-hydrogen) atoms. The van der Waals surface area contributed by atoms with Crippen LogP contribution in [-0.2, 0) is 20.8 Å². The van der Waals surface area contributed by atoms with Gasteiger partial charge in [-0.15, -0.1) is 0 Å². The number of aromatic nitrogens is 4. The molecule has 2 atom stereocenters. The summed E-state index contributed by atoms with van der Waals surface area (Å²) < 4.78 is 18.6. The number of hydrogen-bond acceptors (Lipinski definition) is 8. The summed E-state index contributed by atoms with van der Waals surface area (Å²) in [5.41, 5.74) is 2.09. The monoisotopic (exact) mass is 447 g/mol. The third-order valence-electron chi connectivity index (χ3n) is 6.07. The van der Waals surface area contributed by atoms with Gasteiger partial charge in [-0.2, -0.15) is 0 Å². The molecule has 2 unspecified atom stereocenters. The Labute approximate surface area is 191 Å². The summed E-state index contributed by atoms with van der Waals surface area (Å²) in [4.78, 5) is 28.4. The molecule has 0 saturated carbocycles. The molecule has 1 aliphatic carbocycles. The largest absolute Gasteiger partial charge is 0.497 e. The number of fused-ring (bicyclic) bond motifs is 1. The van der Waals surface area contributed by atoms with Gasteiger partial charge in [0.05, 0.1) is 18.5 Å². The molecule has 0 spiro atoms. The second-order valence-corrected chi connectivity index (χ2v) is 8.09. The van der Waals surface area contributed by atoms with Gasteiger partial charge in [-0.3, -0.25) is 9.36 Å². The summed E-state index contributed by atoms with van der Waals surface area (Å²) in [6.45, 7) is 2.73. The van der Waals surface area contributed by atoms with Crippen molar-refractivity contribution in [1.29, 1.82) is 0 Å². The molecule has 2 aromatic heterocycles. The van der Waals surface area contributed by atoms with Gasteiger partial charge in [0.25, 0.3) is 5.56 Å². The van der Waals surface area contributed by atoms with Crippen LogP contribution < -0.4 is 10.5 Å². The van der Waals surface area contributed by atoms with E-state index in [4.69, 9.17) is 19.2 Å². The van der Waals surface area contributed by atoms with Crippen LogP contribution in [0.2, 0.25) is 0 Å². The zero-order valence-corrected chi connectivity index (χ0v) is 18.5. The summed E-state index contributed by atoms with van der Waals surface area (Å²) in [5.74, 6) is 2.01. The number of methoxy groups -OCH3 is 1. The highest BCUT2D eigenvalue weighted by molar-refractivity contribution is 5.57. The number of anilines is 1. The van der Waals surface area contributed by atoms with Crippen LogP contribution in [-0.4, -0.2) is 38.7 Å². The average molecular weight is 447 g/mol. The smallest absolute Gasteiger partial charge is 0.255 e. The molecule has 0 fully saturated rings. The van der Waals surface area contributed by atoms with Gasteiger partial charge < -0.3 is 19.1 Å². The molecule has 9 heteroatoms. The topological polar surface area (TPSA) is 91.6 Å². The van der Waals surface area contributed by atoms with E-state index in [2.05, 4.69) is 27.9 Å². The van der Waals surface area contributed by atoms with Crippen molar-refractivity contribution in [3.63, 3.8) is 0 Å². The molecule has 5 rings (SSSR count). The van der Waals surface area contributed by atoms with Gasteiger partial charge in [0, 0.05) is 24.8 Å². The van der Waals surface area contributed by atoms with Crippen molar-refractivity contribution in [3.8, 4) is 11.4 Å². The normalized spacial score (nSPS) is 20.5. The lowest BCUT2D eigenvalue weighted by atomic mass is 9.92. The lowest BCUT2D eigenvalue weighted by Crippen LogP contribution is -2.51. The minimum atomic E-state index is -0.317. The lowest BCUT2D eigenvalue weighted by molar-refractivity contribution is 0.233. The van der Waals surface area contributed by atoms with E-state index in [0.29, 0.717) is 29.6 Å².